The lowest BCUT2D eigenvalue weighted by Crippen LogP contribution is -2.54. The molecule has 3 heteroatoms. The zero-order chi connectivity index (χ0) is 18.0. The number of allylic oxidation sites excluding steroid dienone is 2. The summed E-state index contributed by atoms with van der Waals surface area (Å²) in [7, 11) is 0. The summed E-state index contributed by atoms with van der Waals surface area (Å²) >= 11 is 0. The van der Waals surface area contributed by atoms with Crippen LogP contribution < -0.4 is 0 Å². The average Bonchev–Trinajstić information content (AvgIpc) is 2.87. The standard InChI is InChI=1S/C22H28O3/c1-4-22(25)10-8-18-16-6-5-15-11-19(24)14(13-23)12-20(15,2)17(16)7-9-21(18,22)3/h1,11,13,16-18,23,25H,5-10,12H2,2-3H3/t16-,17+,18+,20+,21+,22-/m1/s1. The topological polar surface area (TPSA) is 57.5 Å². The van der Waals surface area contributed by atoms with Crippen molar-refractivity contribution in [3.05, 3.63) is 23.5 Å². The van der Waals surface area contributed by atoms with Crippen molar-refractivity contribution in [3.8, 4) is 12.3 Å². The second kappa shape index (κ2) is 5.24. The van der Waals surface area contributed by atoms with E-state index >= 15 is 0 Å². The lowest BCUT2D eigenvalue weighted by atomic mass is 9.46. The third-order valence-electron chi connectivity index (χ3n) is 8.46. The van der Waals surface area contributed by atoms with Crippen LogP contribution in [-0.4, -0.2) is 21.6 Å². The van der Waals surface area contributed by atoms with Crippen molar-refractivity contribution in [2.75, 3.05) is 0 Å². The van der Waals surface area contributed by atoms with Crippen molar-refractivity contribution in [2.45, 2.75) is 64.4 Å². The van der Waals surface area contributed by atoms with Gasteiger partial charge in [-0.2, -0.15) is 0 Å². The highest BCUT2D eigenvalue weighted by Gasteiger charge is 2.63. The van der Waals surface area contributed by atoms with Gasteiger partial charge in [-0.25, -0.2) is 0 Å². The van der Waals surface area contributed by atoms with Crippen LogP contribution >= 0.6 is 0 Å². The van der Waals surface area contributed by atoms with Crippen molar-refractivity contribution >= 4 is 5.78 Å². The molecule has 0 spiro atoms. The van der Waals surface area contributed by atoms with E-state index in [9.17, 15) is 15.0 Å². The number of hydrogen-bond donors (Lipinski definition) is 2. The molecule has 0 aromatic carbocycles. The minimum Gasteiger partial charge on any atom is -0.515 e. The zero-order valence-corrected chi connectivity index (χ0v) is 15.2. The number of rotatable bonds is 0. The Labute approximate surface area is 150 Å². The van der Waals surface area contributed by atoms with Crippen LogP contribution in [0.5, 0.6) is 0 Å². The molecule has 0 unspecified atom stereocenters. The molecule has 3 fully saturated rings. The molecule has 6 atom stereocenters. The van der Waals surface area contributed by atoms with Gasteiger partial charge in [0, 0.05) is 11.0 Å². The molecule has 4 rings (SSSR count). The Morgan fingerprint density at radius 3 is 2.64 bits per heavy atom. The SMILES string of the molecule is C#C[C@@]1(O)CC[C@H]2[C@@H]3CCC4=CC(=O)C(=CO)C[C@]4(C)[C@H]3CC[C@@]21C. The van der Waals surface area contributed by atoms with Gasteiger partial charge in [0.1, 0.15) is 5.60 Å². The molecule has 3 nitrogen and oxygen atoms in total. The molecule has 0 heterocycles. The summed E-state index contributed by atoms with van der Waals surface area (Å²) in [6, 6.07) is 0. The first-order chi connectivity index (χ1) is 11.8. The smallest absolute Gasteiger partial charge is 0.184 e. The van der Waals surface area contributed by atoms with Crippen molar-refractivity contribution < 1.29 is 15.0 Å². The first-order valence-electron chi connectivity index (χ1n) is 9.58. The Morgan fingerprint density at radius 1 is 1.24 bits per heavy atom. The number of carbonyl (C=O) groups is 1. The maximum absolute atomic E-state index is 12.2. The number of ketones is 1. The van der Waals surface area contributed by atoms with E-state index in [0.29, 0.717) is 36.2 Å². The monoisotopic (exact) mass is 340 g/mol. The first kappa shape index (κ1) is 16.9. The second-order valence-electron chi connectivity index (χ2n) is 9.20. The highest BCUT2D eigenvalue weighted by atomic mass is 16.3. The average molecular weight is 340 g/mol. The quantitative estimate of drug-likeness (QED) is 0.399. The number of aliphatic hydroxyl groups excluding tert-OH is 1. The number of hydrogen-bond acceptors (Lipinski definition) is 3. The van der Waals surface area contributed by atoms with E-state index in [1.807, 2.05) is 0 Å². The Balaban J connectivity index is 1.72. The molecule has 3 saturated carbocycles. The molecule has 4 aliphatic carbocycles. The van der Waals surface area contributed by atoms with E-state index in [1.165, 1.54) is 5.57 Å². The van der Waals surface area contributed by atoms with Crippen molar-refractivity contribution in [3.63, 3.8) is 0 Å². The van der Waals surface area contributed by atoms with E-state index < -0.39 is 5.60 Å². The Bertz CT molecular complexity index is 726. The number of fused-ring (bicyclic) bond motifs is 5. The summed E-state index contributed by atoms with van der Waals surface area (Å²) in [4.78, 5) is 12.2. The van der Waals surface area contributed by atoms with Crippen molar-refractivity contribution in [2.24, 2.45) is 28.6 Å². The van der Waals surface area contributed by atoms with Gasteiger partial charge >= 0.3 is 0 Å². The molecule has 134 valence electrons. The maximum Gasteiger partial charge on any atom is 0.184 e. The van der Waals surface area contributed by atoms with Gasteiger partial charge in [-0.15, -0.1) is 6.42 Å². The van der Waals surface area contributed by atoms with Gasteiger partial charge in [-0.05, 0) is 74.2 Å². The molecule has 0 aliphatic heterocycles. The Kier molecular flexibility index (Phi) is 3.54. The van der Waals surface area contributed by atoms with E-state index in [1.54, 1.807) is 6.08 Å². The number of terminal acetylenes is 1. The number of aliphatic hydroxyl groups is 2. The first-order valence-corrected chi connectivity index (χ1v) is 9.58. The molecular weight excluding hydrogens is 312 g/mol. The van der Waals surface area contributed by atoms with Crippen molar-refractivity contribution in [1.29, 1.82) is 0 Å². The summed E-state index contributed by atoms with van der Waals surface area (Å²) in [6.45, 7) is 4.47. The lowest BCUT2D eigenvalue weighted by molar-refractivity contribution is -0.115. The van der Waals surface area contributed by atoms with Gasteiger partial charge in [-0.1, -0.05) is 25.3 Å². The highest BCUT2D eigenvalue weighted by Crippen LogP contribution is 2.67. The van der Waals surface area contributed by atoms with Gasteiger partial charge in [0.05, 0.1) is 6.26 Å². The van der Waals surface area contributed by atoms with Gasteiger partial charge in [0.15, 0.2) is 5.78 Å². The van der Waals surface area contributed by atoms with E-state index in [0.717, 1.165) is 38.4 Å². The maximum atomic E-state index is 12.2. The highest BCUT2D eigenvalue weighted by molar-refractivity contribution is 6.05. The molecule has 0 amide bonds. The molecule has 0 bridgehead atoms. The van der Waals surface area contributed by atoms with Gasteiger partial charge in [0.2, 0.25) is 0 Å². The molecule has 25 heavy (non-hydrogen) atoms. The molecule has 4 aliphatic rings. The minimum atomic E-state index is -0.974. The van der Waals surface area contributed by atoms with Crippen LogP contribution in [0.25, 0.3) is 0 Å². The van der Waals surface area contributed by atoms with Crippen LogP contribution in [0.4, 0.5) is 0 Å². The fourth-order valence-corrected chi connectivity index (χ4v) is 6.90. The fraction of sp³-hybridized carbons (Fsp3) is 0.682. The van der Waals surface area contributed by atoms with Gasteiger partial charge < -0.3 is 10.2 Å². The molecular formula is C22H28O3. The van der Waals surface area contributed by atoms with Crippen LogP contribution in [0.3, 0.4) is 0 Å². The second-order valence-corrected chi connectivity index (χ2v) is 9.20. The summed E-state index contributed by atoms with van der Waals surface area (Å²) < 4.78 is 0. The molecule has 0 radical (unpaired) electrons. The van der Waals surface area contributed by atoms with Crippen LogP contribution in [0, 0.1) is 40.9 Å². The summed E-state index contributed by atoms with van der Waals surface area (Å²) in [5.74, 6) is 4.17. The fourth-order valence-electron chi connectivity index (χ4n) is 6.90. The predicted molar refractivity (Wildman–Crippen MR) is 96.6 cm³/mol. The van der Waals surface area contributed by atoms with Crippen LogP contribution in [0.2, 0.25) is 0 Å². The third kappa shape index (κ3) is 2.01. The van der Waals surface area contributed by atoms with E-state index in [-0.39, 0.29) is 16.6 Å². The summed E-state index contributed by atoms with van der Waals surface area (Å²) in [6.07, 6.45) is 14.8. The van der Waals surface area contributed by atoms with Gasteiger partial charge in [-0.3, -0.25) is 4.79 Å². The largest absolute Gasteiger partial charge is 0.515 e. The van der Waals surface area contributed by atoms with Crippen molar-refractivity contribution in [1.82, 2.24) is 0 Å². The van der Waals surface area contributed by atoms with Gasteiger partial charge in [0.25, 0.3) is 0 Å². The molecule has 2 N–H and O–H groups in total. The number of carbonyl (C=O) groups excluding carboxylic acids is 1. The lowest BCUT2D eigenvalue weighted by Gasteiger charge is -2.58. The zero-order valence-electron chi connectivity index (χ0n) is 15.2. The summed E-state index contributed by atoms with van der Waals surface area (Å²) in [5, 5.41) is 20.5. The van der Waals surface area contributed by atoms with Crippen LogP contribution in [0.1, 0.15) is 58.8 Å². The van der Waals surface area contributed by atoms with Crippen LogP contribution in [0.15, 0.2) is 23.5 Å². The predicted octanol–water partition coefficient (Wildman–Crippen LogP) is 3.93. The van der Waals surface area contributed by atoms with E-state index in [2.05, 4.69) is 19.8 Å². The Morgan fingerprint density at radius 2 is 1.96 bits per heavy atom. The molecule has 0 saturated heterocycles. The third-order valence-corrected chi connectivity index (χ3v) is 8.46. The molecule has 0 aromatic rings. The molecule has 0 aromatic heterocycles. The Hall–Kier alpha value is -1.53. The van der Waals surface area contributed by atoms with E-state index in [4.69, 9.17) is 6.42 Å². The minimum absolute atomic E-state index is 0.0309. The van der Waals surface area contributed by atoms with Crippen LogP contribution in [-0.2, 0) is 4.79 Å². The summed E-state index contributed by atoms with van der Waals surface area (Å²) in [5.41, 5.74) is 0.577. The normalized spacial score (nSPS) is 50.5.